The first kappa shape index (κ1) is 17.2. The van der Waals surface area contributed by atoms with Gasteiger partial charge in [0.2, 0.25) is 0 Å². The zero-order chi connectivity index (χ0) is 17.8. The Kier molecular flexibility index (Phi) is 3.91. The number of sulfonamides is 1. The molecule has 1 aromatic carbocycles. The van der Waals surface area contributed by atoms with E-state index in [1.165, 1.54) is 24.3 Å². The van der Waals surface area contributed by atoms with Gasteiger partial charge in [-0.05, 0) is 30.9 Å². The first-order chi connectivity index (χ1) is 11.1. The van der Waals surface area contributed by atoms with Crippen LogP contribution in [-0.2, 0) is 10.0 Å². The largest absolute Gasteiger partial charge is 0.439 e. The average molecular weight is 362 g/mol. The van der Waals surface area contributed by atoms with Gasteiger partial charge in [-0.15, -0.1) is 4.41 Å². The van der Waals surface area contributed by atoms with Crippen molar-refractivity contribution in [3.8, 4) is 0 Å². The fraction of sp³-hybridized carbons (Fsp3) is 0.533. The molecule has 5 nitrogen and oxygen atoms in total. The third-order valence-electron chi connectivity index (χ3n) is 4.66. The van der Waals surface area contributed by atoms with Crippen LogP contribution in [0.5, 0.6) is 0 Å². The van der Waals surface area contributed by atoms with Gasteiger partial charge in [0.25, 0.3) is 15.7 Å². The zero-order valence-corrected chi connectivity index (χ0v) is 13.7. The van der Waals surface area contributed by atoms with E-state index in [1.54, 1.807) is 13.0 Å². The summed E-state index contributed by atoms with van der Waals surface area (Å²) in [6.45, 7) is 1.69. The topological polar surface area (TPSA) is 70.0 Å². The van der Waals surface area contributed by atoms with Crippen LogP contribution in [0.1, 0.15) is 26.2 Å². The number of benzene rings is 1. The number of aliphatic hydroxyl groups is 1. The molecule has 0 unspecified atom stereocenters. The van der Waals surface area contributed by atoms with Crippen molar-refractivity contribution in [3.63, 3.8) is 0 Å². The lowest BCUT2D eigenvalue weighted by molar-refractivity contribution is -0.306. The summed E-state index contributed by atoms with van der Waals surface area (Å²) in [5.41, 5.74) is -3.45. The van der Waals surface area contributed by atoms with Gasteiger partial charge in [0.1, 0.15) is 0 Å². The van der Waals surface area contributed by atoms with Gasteiger partial charge in [0.15, 0.2) is 0 Å². The molecule has 0 aromatic heterocycles. The van der Waals surface area contributed by atoms with Crippen molar-refractivity contribution in [1.29, 1.82) is 0 Å². The van der Waals surface area contributed by atoms with Crippen LogP contribution in [0.3, 0.4) is 0 Å². The van der Waals surface area contributed by atoms with Gasteiger partial charge in [0, 0.05) is 0 Å². The van der Waals surface area contributed by atoms with Gasteiger partial charge in [-0.1, -0.05) is 31.5 Å². The van der Waals surface area contributed by atoms with Gasteiger partial charge in [-0.3, -0.25) is 0 Å². The summed E-state index contributed by atoms with van der Waals surface area (Å²) in [6.07, 6.45) is -4.03. The van der Waals surface area contributed by atoms with Crippen LogP contribution in [0.25, 0.3) is 0 Å². The second-order valence-corrected chi connectivity index (χ2v) is 7.96. The molecular weight excluding hydrogens is 345 g/mol. The number of fused-ring (bicyclic) bond motifs is 1. The van der Waals surface area contributed by atoms with Crippen molar-refractivity contribution < 1.29 is 26.7 Å². The Morgan fingerprint density at radius 3 is 2.46 bits per heavy atom. The molecule has 1 saturated carbocycles. The van der Waals surface area contributed by atoms with Crippen LogP contribution in [0, 0.1) is 11.8 Å². The van der Waals surface area contributed by atoms with Crippen LogP contribution >= 0.6 is 0 Å². The number of alkyl halides is 3. The fourth-order valence-corrected chi connectivity index (χ4v) is 4.89. The van der Waals surface area contributed by atoms with E-state index in [4.69, 9.17) is 0 Å². The van der Waals surface area contributed by atoms with Crippen molar-refractivity contribution in [1.82, 2.24) is 4.41 Å². The number of nitrogens with zero attached hydrogens (tertiary/aromatic N) is 2. The SMILES string of the molecule is C[C@@H]1CCC[C@H]2C1=NN(S(=O)(=O)c1ccccc1)[C@]2(O)C(F)(F)F. The summed E-state index contributed by atoms with van der Waals surface area (Å²) in [5, 5.41) is 14.3. The highest BCUT2D eigenvalue weighted by atomic mass is 32.2. The Hall–Kier alpha value is -1.61. The van der Waals surface area contributed by atoms with E-state index < -0.39 is 27.8 Å². The molecule has 0 spiro atoms. The Labute approximate surface area is 137 Å². The molecule has 24 heavy (non-hydrogen) atoms. The van der Waals surface area contributed by atoms with Crippen molar-refractivity contribution in [2.75, 3.05) is 0 Å². The number of hydrogen-bond acceptors (Lipinski definition) is 4. The summed E-state index contributed by atoms with van der Waals surface area (Å²) in [4.78, 5) is -0.344. The van der Waals surface area contributed by atoms with E-state index in [-0.39, 0.29) is 27.4 Å². The van der Waals surface area contributed by atoms with Crippen molar-refractivity contribution in [2.45, 2.75) is 43.0 Å². The number of hydrazone groups is 1. The number of rotatable bonds is 2. The average Bonchev–Trinajstić information content (AvgIpc) is 2.85. The van der Waals surface area contributed by atoms with Crippen LogP contribution in [0.4, 0.5) is 13.2 Å². The molecule has 9 heteroatoms. The third-order valence-corrected chi connectivity index (χ3v) is 6.34. The van der Waals surface area contributed by atoms with Gasteiger partial charge >= 0.3 is 6.18 Å². The van der Waals surface area contributed by atoms with Crippen molar-refractivity contribution >= 4 is 15.7 Å². The first-order valence-corrected chi connectivity index (χ1v) is 9.02. The molecular formula is C15H17F3N2O3S. The molecule has 1 aromatic rings. The molecule has 1 aliphatic heterocycles. The lowest BCUT2D eigenvalue weighted by Crippen LogP contribution is -2.61. The highest BCUT2D eigenvalue weighted by Gasteiger charge is 2.70. The van der Waals surface area contributed by atoms with E-state index in [9.17, 15) is 26.7 Å². The maximum atomic E-state index is 13.7. The molecule has 132 valence electrons. The molecule has 1 fully saturated rings. The van der Waals surface area contributed by atoms with E-state index >= 15 is 0 Å². The lowest BCUT2D eigenvalue weighted by atomic mass is 9.76. The van der Waals surface area contributed by atoms with Crippen molar-refractivity contribution in [3.05, 3.63) is 30.3 Å². The fourth-order valence-electron chi connectivity index (χ4n) is 3.39. The lowest BCUT2D eigenvalue weighted by Gasteiger charge is -2.39. The molecule has 0 amide bonds. The Morgan fingerprint density at radius 2 is 1.88 bits per heavy atom. The highest BCUT2D eigenvalue weighted by molar-refractivity contribution is 7.89. The molecule has 2 aliphatic rings. The Morgan fingerprint density at radius 1 is 1.25 bits per heavy atom. The predicted molar refractivity (Wildman–Crippen MR) is 80.4 cm³/mol. The van der Waals surface area contributed by atoms with Crippen LogP contribution < -0.4 is 0 Å². The third kappa shape index (κ3) is 2.33. The maximum Gasteiger partial charge on any atom is 0.439 e. The van der Waals surface area contributed by atoms with E-state index in [0.29, 0.717) is 12.8 Å². The minimum atomic E-state index is -5.16. The quantitative estimate of drug-likeness (QED) is 0.879. The number of hydrogen-bond donors (Lipinski definition) is 1. The monoisotopic (exact) mass is 362 g/mol. The molecule has 0 saturated heterocycles. The molecule has 3 rings (SSSR count). The molecule has 0 bridgehead atoms. The standard InChI is InChI=1S/C15H17F3N2O3S/c1-10-6-5-9-12-13(10)19-20(14(12,21)15(16,17)18)24(22,23)11-7-3-2-4-8-11/h2-4,7-8,10,12,21H,5-6,9H2,1H3/t10-,12+,14-/m1/s1. The zero-order valence-electron chi connectivity index (χ0n) is 12.9. The highest BCUT2D eigenvalue weighted by Crippen LogP contribution is 2.50. The predicted octanol–water partition coefficient (Wildman–Crippen LogP) is 2.73. The van der Waals surface area contributed by atoms with Crippen LogP contribution in [0.2, 0.25) is 0 Å². The Bertz CT molecular complexity index is 764. The van der Waals surface area contributed by atoms with Crippen molar-refractivity contribution in [2.24, 2.45) is 16.9 Å². The minimum Gasteiger partial charge on any atom is -0.361 e. The van der Waals surface area contributed by atoms with E-state index in [0.717, 1.165) is 0 Å². The summed E-state index contributed by atoms with van der Waals surface area (Å²) < 4.78 is 66.4. The Balaban J connectivity index is 2.17. The minimum absolute atomic E-state index is 0.0417. The summed E-state index contributed by atoms with van der Waals surface area (Å²) in [6, 6.07) is 6.71. The van der Waals surface area contributed by atoms with Gasteiger partial charge < -0.3 is 5.11 Å². The van der Waals surface area contributed by atoms with Crippen LogP contribution in [-0.4, -0.2) is 35.6 Å². The second kappa shape index (κ2) is 5.45. The van der Waals surface area contributed by atoms with E-state index in [1.807, 2.05) is 0 Å². The first-order valence-electron chi connectivity index (χ1n) is 7.58. The second-order valence-electron chi connectivity index (χ2n) is 6.19. The summed E-state index contributed by atoms with van der Waals surface area (Å²) in [5.74, 6) is -1.69. The van der Waals surface area contributed by atoms with Gasteiger partial charge in [-0.25, -0.2) is 0 Å². The molecule has 1 heterocycles. The molecule has 3 atom stereocenters. The number of halogens is 3. The summed E-state index contributed by atoms with van der Waals surface area (Å²) in [7, 11) is -4.64. The van der Waals surface area contributed by atoms with Gasteiger partial charge in [0.05, 0.1) is 16.5 Å². The van der Waals surface area contributed by atoms with Crippen LogP contribution in [0.15, 0.2) is 40.3 Å². The molecule has 1 aliphatic carbocycles. The van der Waals surface area contributed by atoms with Gasteiger partial charge in [-0.2, -0.15) is 26.7 Å². The van der Waals surface area contributed by atoms with E-state index in [2.05, 4.69) is 5.10 Å². The molecule has 1 N–H and O–H groups in total. The smallest absolute Gasteiger partial charge is 0.361 e. The molecule has 0 radical (unpaired) electrons. The maximum absolute atomic E-state index is 13.7. The normalized spacial score (nSPS) is 30.9. The summed E-state index contributed by atoms with van der Waals surface area (Å²) >= 11 is 0.